The van der Waals surface area contributed by atoms with E-state index in [9.17, 15) is 0 Å². The van der Waals surface area contributed by atoms with Crippen LogP contribution in [-0.2, 0) is 17.8 Å². The maximum Gasteiger partial charge on any atom is 0.0762 e. The molecule has 0 saturated carbocycles. The molecule has 5 nitrogen and oxygen atoms in total. The van der Waals surface area contributed by atoms with Gasteiger partial charge in [-0.1, -0.05) is 6.07 Å². The van der Waals surface area contributed by atoms with Gasteiger partial charge in [0.25, 0.3) is 0 Å². The molecule has 0 aromatic carbocycles. The van der Waals surface area contributed by atoms with Gasteiger partial charge in [0.05, 0.1) is 30.6 Å². The molecule has 4 rings (SSSR count). The van der Waals surface area contributed by atoms with Crippen LogP contribution >= 0.6 is 11.3 Å². The van der Waals surface area contributed by atoms with Crippen molar-refractivity contribution in [2.45, 2.75) is 32.0 Å². The minimum absolute atomic E-state index is 0.407. The highest BCUT2D eigenvalue weighted by Crippen LogP contribution is 2.32. The summed E-state index contributed by atoms with van der Waals surface area (Å²) in [5, 5.41) is 2.16. The fraction of sp³-hybridized carbons (Fsp3) is 0.556. The van der Waals surface area contributed by atoms with Crippen molar-refractivity contribution < 1.29 is 4.74 Å². The van der Waals surface area contributed by atoms with Gasteiger partial charge in [-0.25, -0.2) is 0 Å². The molecule has 2 aliphatic rings. The van der Waals surface area contributed by atoms with Crippen LogP contribution in [0.15, 0.2) is 29.9 Å². The maximum absolute atomic E-state index is 5.42. The van der Waals surface area contributed by atoms with E-state index in [1.54, 1.807) is 0 Å². The van der Waals surface area contributed by atoms with Gasteiger partial charge < -0.3 is 4.74 Å². The van der Waals surface area contributed by atoms with Gasteiger partial charge in [-0.2, -0.15) is 0 Å². The highest BCUT2D eigenvalue weighted by molar-refractivity contribution is 7.09. The zero-order valence-corrected chi connectivity index (χ0v) is 14.7. The normalized spacial score (nSPS) is 22.9. The summed E-state index contributed by atoms with van der Waals surface area (Å²) >= 11 is 1.84. The third kappa shape index (κ3) is 3.83. The summed E-state index contributed by atoms with van der Waals surface area (Å²) < 4.78 is 5.42. The van der Waals surface area contributed by atoms with Crippen molar-refractivity contribution in [2.24, 2.45) is 0 Å². The summed E-state index contributed by atoms with van der Waals surface area (Å²) in [4.78, 5) is 15.8. The van der Waals surface area contributed by atoms with Crippen LogP contribution < -0.4 is 0 Å². The summed E-state index contributed by atoms with van der Waals surface area (Å²) in [6.45, 7) is 6.67. The summed E-state index contributed by atoms with van der Waals surface area (Å²) in [5.41, 5.74) is 2.21. The number of nitrogens with zero attached hydrogens (tertiary/aromatic N) is 4. The van der Waals surface area contributed by atoms with E-state index >= 15 is 0 Å². The first-order valence-electron chi connectivity index (χ1n) is 8.76. The van der Waals surface area contributed by atoms with Crippen molar-refractivity contribution in [3.8, 4) is 0 Å². The number of aromatic nitrogens is 2. The van der Waals surface area contributed by atoms with Crippen molar-refractivity contribution in [1.82, 2.24) is 19.8 Å². The van der Waals surface area contributed by atoms with Gasteiger partial charge in [0.15, 0.2) is 0 Å². The lowest BCUT2D eigenvalue weighted by Gasteiger charge is -2.27. The van der Waals surface area contributed by atoms with Crippen LogP contribution in [0.1, 0.15) is 35.1 Å². The van der Waals surface area contributed by atoms with Gasteiger partial charge in [-0.15, -0.1) is 11.3 Å². The molecule has 2 aliphatic heterocycles. The van der Waals surface area contributed by atoms with Gasteiger partial charge >= 0.3 is 0 Å². The quantitative estimate of drug-likeness (QED) is 0.834. The molecule has 1 atom stereocenters. The third-order valence-corrected chi connectivity index (χ3v) is 5.70. The molecule has 0 spiro atoms. The Bertz CT molecular complexity index is 642. The number of rotatable bonds is 5. The first kappa shape index (κ1) is 16.1. The van der Waals surface area contributed by atoms with Gasteiger partial charge in [-0.3, -0.25) is 19.8 Å². The fourth-order valence-corrected chi connectivity index (χ4v) is 4.33. The predicted molar refractivity (Wildman–Crippen MR) is 94.8 cm³/mol. The molecular weight excluding hydrogens is 320 g/mol. The van der Waals surface area contributed by atoms with Crippen LogP contribution in [-0.4, -0.2) is 52.6 Å². The maximum atomic E-state index is 5.42. The molecule has 0 radical (unpaired) electrons. The van der Waals surface area contributed by atoms with E-state index < -0.39 is 0 Å². The highest BCUT2D eigenvalue weighted by Gasteiger charge is 2.27. The Morgan fingerprint density at radius 2 is 2.08 bits per heavy atom. The van der Waals surface area contributed by atoms with E-state index in [0.29, 0.717) is 6.04 Å². The highest BCUT2D eigenvalue weighted by atomic mass is 32.1. The van der Waals surface area contributed by atoms with Crippen LogP contribution in [0.3, 0.4) is 0 Å². The average Bonchev–Trinajstić information content (AvgIpc) is 3.28. The monoisotopic (exact) mass is 344 g/mol. The van der Waals surface area contributed by atoms with E-state index in [0.717, 1.165) is 57.3 Å². The second-order valence-electron chi connectivity index (χ2n) is 6.53. The molecule has 0 amide bonds. The van der Waals surface area contributed by atoms with Crippen LogP contribution in [0.25, 0.3) is 0 Å². The lowest BCUT2D eigenvalue weighted by molar-refractivity contribution is 0.0335. The Hall–Kier alpha value is -1.34. The van der Waals surface area contributed by atoms with Gasteiger partial charge in [0.2, 0.25) is 0 Å². The van der Waals surface area contributed by atoms with Crippen molar-refractivity contribution in [2.75, 3.05) is 32.8 Å². The molecule has 2 fully saturated rings. The Morgan fingerprint density at radius 1 is 1.17 bits per heavy atom. The third-order valence-electron chi connectivity index (χ3n) is 4.84. The van der Waals surface area contributed by atoms with Crippen LogP contribution in [0.2, 0.25) is 0 Å². The van der Waals surface area contributed by atoms with E-state index in [1.165, 1.54) is 17.7 Å². The molecule has 2 aromatic rings. The molecule has 0 aliphatic carbocycles. The second kappa shape index (κ2) is 7.70. The molecule has 2 aromatic heterocycles. The number of morpholine rings is 1. The molecule has 2 saturated heterocycles. The first-order valence-corrected chi connectivity index (χ1v) is 9.64. The number of hydrogen-bond acceptors (Lipinski definition) is 6. The number of likely N-dealkylation sites (tertiary alicyclic amines) is 1. The number of ether oxygens (including phenoxy) is 1. The lowest BCUT2D eigenvalue weighted by atomic mass is 10.1. The lowest BCUT2D eigenvalue weighted by Crippen LogP contribution is -2.36. The van der Waals surface area contributed by atoms with Gasteiger partial charge in [0.1, 0.15) is 0 Å². The van der Waals surface area contributed by atoms with Gasteiger partial charge in [0, 0.05) is 43.4 Å². The van der Waals surface area contributed by atoms with Crippen molar-refractivity contribution in [1.29, 1.82) is 0 Å². The van der Waals surface area contributed by atoms with E-state index in [1.807, 2.05) is 23.7 Å². The number of thiophene rings is 1. The van der Waals surface area contributed by atoms with Crippen LogP contribution in [0, 0.1) is 0 Å². The Morgan fingerprint density at radius 3 is 2.92 bits per heavy atom. The Balaban J connectivity index is 1.45. The van der Waals surface area contributed by atoms with E-state index in [4.69, 9.17) is 9.72 Å². The Labute approximate surface area is 147 Å². The molecule has 24 heavy (non-hydrogen) atoms. The minimum atomic E-state index is 0.407. The van der Waals surface area contributed by atoms with Crippen LogP contribution in [0.4, 0.5) is 0 Å². The summed E-state index contributed by atoms with van der Waals surface area (Å²) in [7, 11) is 0. The predicted octanol–water partition coefficient (Wildman–Crippen LogP) is 2.71. The van der Waals surface area contributed by atoms with E-state index in [-0.39, 0.29) is 0 Å². The molecular formula is C18H24N4OS. The van der Waals surface area contributed by atoms with Crippen molar-refractivity contribution in [3.63, 3.8) is 0 Å². The first-order chi connectivity index (χ1) is 11.9. The van der Waals surface area contributed by atoms with E-state index in [2.05, 4.69) is 32.3 Å². The molecule has 4 heterocycles. The summed E-state index contributed by atoms with van der Waals surface area (Å²) in [6, 6.07) is 4.76. The largest absolute Gasteiger partial charge is 0.379 e. The standard InChI is InChI=1S/C18H24N4OS/c1-4-18(22(5-1)14-16-3-2-10-24-16)17-12-19-11-15(20-17)13-21-6-8-23-9-7-21/h2-3,10-12,18H,1,4-9,13-14H2. The smallest absolute Gasteiger partial charge is 0.0762 e. The summed E-state index contributed by atoms with van der Waals surface area (Å²) in [5.74, 6) is 0. The molecule has 128 valence electrons. The Kier molecular flexibility index (Phi) is 5.18. The topological polar surface area (TPSA) is 41.5 Å². The summed E-state index contributed by atoms with van der Waals surface area (Å²) in [6.07, 6.45) is 6.30. The SMILES string of the molecule is c1csc(CN2CCCC2c2cncc(CN3CCOCC3)n2)c1. The van der Waals surface area contributed by atoms with Crippen molar-refractivity contribution >= 4 is 11.3 Å². The van der Waals surface area contributed by atoms with Crippen LogP contribution in [0.5, 0.6) is 0 Å². The number of hydrogen-bond donors (Lipinski definition) is 0. The molecule has 6 heteroatoms. The van der Waals surface area contributed by atoms with Crippen molar-refractivity contribution in [3.05, 3.63) is 46.2 Å². The molecule has 0 N–H and O–H groups in total. The zero-order chi connectivity index (χ0) is 16.2. The second-order valence-corrected chi connectivity index (χ2v) is 7.56. The fourth-order valence-electron chi connectivity index (χ4n) is 3.60. The van der Waals surface area contributed by atoms with Gasteiger partial charge in [-0.05, 0) is 30.8 Å². The molecule has 1 unspecified atom stereocenters. The molecule has 0 bridgehead atoms. The average molecular weight is 344 g/mol. The zero-order valence-electron chi connectivity index (χ0n) is 13.9. The minimum Gasteiger partial charge on any atom is -0.379 e.